The highest BCUT2D eigenvalue weighted by atomic mass is 16.5. The zero-order chi connectivity index (χ0) is 34.5. The largest absolute Gasteiger partial charge is 0.497 e. The molecule has 174 valence electrons. The zero-order valence-corrected chi connectivity index (χ0v) is 17.7. The lowest BCUT2D eigenvalue weighted by Gasteiger charge is -2.29. The van der Waals surface area contributed by atoms with Crippen molar-refractivity contribution in [2.45, 2.75) is 25.5 Å². The minimum Gasteiger partial charge on any atom is -0.497 e. The number of aromatic nitrogens is 2. The molecule has 1 aromatic heterocycles. The number of carbonyl (C=O) groups excluding carboxylic acids is 3. The van der Waals surface area contributed by atoms with Crippen LogP contribution in [0.5, 0.6) is 5.75 Å². The Morgan fingerprint density at radius 2 is 1.74 bits per heavy atom. The highest BCUT2D eigenvalue weighted by molar-refractivity contribution is 6.09. The normalized spacial score (nSPS) is 27.0. The smallest absolute Gasteiger partial charge is 0.277 e. The third kappa shape index (κ3) is 3.68. The summed E-state index contributed by atoms with van der Waals surface area (Å²) in [5.41, 5.74) is 2.90. The molecule has 0 atom stereocenters. The van der Waals surface area contributed by atoms with Crippen molar-refractivity contribution in [3.8, 4) is 11.4 Å². The topological polar surface area (TPSA) is 111 Å². The molecule has 1 fully saturated rings. The summed E-state index contributed by atoms with van der Waals surface area (Å²) in [5, 5.41) is 3.98. The number of hydrogen-bond donors (Lipinski definition) is 1. The molecule has 0 aliphatic carbocycles. The Kier molecular flexibility index (Phi) is 3.01. The maximum absolute atomic E-state index is 14.0. The van der Waals surface area contributed by atoms with Gasteiger partial charge in [0.05, 0.1) is 18.3 Å². The first-order valence-electron chi connectivity index (χ1n) is 16.0. The summed E-state index contributed by atoms with van der Waals surface area (Å²) in [6.45, 7) is -3.82. The van der Waals surface area contributed by atoms with Gasteiger partial charge in [0.1, 0.15) is 11.4 Å². The van der Waals surface area contributed by atoms with Gasteiger partial charge in [0.25, 0.3) is 11.8 Å². The van der Waals surface area contributed by atoms with E-state index in [0.717, 1.165) is 12.0 Å². The van der Waals surface area contributed by atoms with Crippen LogP contribution in [0.3, 0.4) is 0 Å². The van der Waals surface area contributed by atoms with E-state index in [-0.39, 0.29) is 11.4 Å². The van der Waals surface area contributed by atoms with Gasteiger partial charge in [0.2, 0.25) is 5.91 Å². The molecule has 2 aromatic carbocycles. The van der Waals surface area contributed by atoms with Crippen molar-refractivity contribution < 1.29 is 35.6 Å². The third-order valence-corrected chi connectivity index (χ3v) is 5.15. The van der Waals surface area contributed by atoms with E-state index in [1.54, 1.807) is 0 Å². The van der Waals surface area contributed by atoms with Gasteiger partial charge in [0, 0.05) is 47.4 Å². The van der Waals surface area contributed by atoms with Crippen molar-refractivity contribution in [1.29, 1.82) is 0 Å². The molecule has 0 spiro atoms. The van der Waals surface area contributed by atoms with E-state index in [0.29, 0.717) is 9.58 Å². The lowest BCUT2D eigenvalue weighted by atomic mass is 10.0. The number of nitrogens with two attached hydrogens (primary N) is 1. The van der Waals surface area contributed by atoms with E-state index in [1.165, 1.54) is 24.3 Å². The molecule has 0 bridgehead atoms. The second kappa shape index (κ2) is 8.66. The quantitative estimate of drug-likeness (QED) is 0.615. The fraction of sp³-hybridized carbons (Fsp3) is 0.280. The van der Waals surface area contributed by atoms with Crippen LogP contribution in [0.4, 0.5) is 11.4 Å². The SMILES string of the molecule is [2H]c1c([2H])c(-n2nc(C(N)=O)c3c2C(=O)N(c2ccc(N4C(=O)CC([2H])([2H])C([2H])([2H])C4([2H])[2H])cc2)CC3([2H])[2H])c([2H])c([2H])c1OC. The number of ether oxygens (including phenoxy) is 1. The van der Waals surface area contributed by atoms with E-state index < -0.39 is 109 Å². The number of nitrogens with zero attached hydrogens (tertiary/aromatic N) is 4. The Balaban J connectivity index is 1.64. The second-order valence-electron chi connectivity index (χ2n) is 7.13. The monoisotopic (exact) mass is 471 g/mol. The molecule has 3 heterocycles. The Bertz CT molecular complexity index is 1800. The van der Waals surface area contributed by atoms with Gasteiger partial charge in [-0.1, -0.05) is 0 Å². The third-order valence-electron chi connectivity index (χ3n) is 5.15. The average molecular weight is 472 g/mol. The minimum atomic E-state index is -3.12. The summed E-state index contributed by atoms with van der Waals surface area (Å²) in [6.07, 6.45) is -9.37. The van der Waals surface area contributed by atoms with E-state index >= 15 is 0 Å². The standard InChI is InChI=1S/C25H25N5O4/c1-34-19-11-9-18(10-12-19)30-23-20(22(27-30)24(26)32)13-15-29(25(23)33)17-7-5-16(6-8-17)28-14-3-2-4-21(28)31/h5-12H,2-4,13-15H2,1H3,(H2,26,32)/i2D2,3D2,9D,10D,11D,12D,13D2,14D2. The van der Waals surface area contributed by atoms with Crippen LogP contribution in [0, 0.1) is 0 Å². The zero-order valence-electron chi connectivity index (χ0n) is 29.7. The lowest BCUT2D eigenvalue weighted by Crippen LogP contribution is -2.39. The highest BCUT2D eigenvalue weighted by Gasteiger charge is 2.34. The fourth-order valence-electron chi connectivity index (χ4n) is 3.53. The van der Waals surface area contributed by atoms with Crippen molar-refractivity contribution in [3.05, 3.63) is 65.4 Å². The van der Waals surface area contributed by atoms with E-state index in [2.05, 4.69) is 5.10 Å². The first-order chi connectivity index (χ1) is 21.1. The van der Waals surface area contributed by atoms with Crippen molar-refractivity contribution in [3.63, 3.8) is 0 Å². The van der Waals surface area contributed by atoms with Crippen molar-refractivity contribution in [1.82, 2.24) is 9.78 Å². The molecule has 2 aliphatic rings. The van der Waals surface area contributed by atoms with Gasteiger partial charge in [-0.15, -0.1) is 0 Å². The van der Waals surface area contributed by atoms with Crippen LogP contribution >= 0.6 is 0 Å². The van der Waals surface area contributed by atoms with Gasteiger partial charge >= 0.3 is 0 Å². The second-order valence-corrected chi connectivity index (χ2v) is 7.13. The Morgan fingerprint density at radius 3 is 2.38 bits per heavy atom. The van der Waals surface area contributed by atoms with Crippen LogP contribution in [0.25, 0.3) is 5.69 Å². The lowest BCUT2D eigenvalue weighted by molar-refractivity contribution is -0.119. The van der Waals surface area contributed by atoms with Crippen LogP contribution in [-0.4, -0.2) is 47.7 Å². The molecule has 0 unspecified atom stereocenters. The molecule has 1 saturated heterocycles. The maximum Gasteiger partial charge on any atom is 0.277 e. The number of carbonyl (C=O) groups is 3. The number of piperidine rings is 1. The van der Waals surface area contributed by atoms with Gasteiger partial charge in [0.15, 0.2) is 5.69 Å². The van der Waals surface area contributed by atoms with Crippen LogP contribution in [0.2, 0.25) is 0 Å². The van der Waals surface area contributed by atoms with Crippen molar-refractivity contribution in [2.24, 2.45) is 5.73 Å². The number of benzene rings is 2. The van der Waals surface area contributed by atoms with Gasteiger partial charge in [-0.25, -0.2) is 4.68 Å². The number of methoxy groups -OCH3 is 1. The van der Waals surface area contributed by atoms with Crippen LogP contribution < -0.4 is 20.3 Å². The molecule has 9 nitrogen and oxygen atoms in total. The number of anilines is 2. The van der Waals surface area contributed by atoms with Crippen LogP contribution in [0.1, 0.15) is 62.2 Å². The summed E-state index contributed by atoms with van der Waals surface area (Å²) in [7, 11) is 1.13. The first kappa shape index (κ1) is 11.8. The van der Waals surface area contributed by atoms with Crippen LogP contribution in [0.15, 0.2) is 48.4 Å². The number of amides is 3. The summed E-state index contributed by atoms with van der Waals surface area (Å²) < 4.78 is 105. The summed E-state index contributed by atoms with van der Waals surface area (Å²) in [6, 6.07) is 2.08. The van der Waals surface area contributed by atoms with E-state index in [9.17, 15) is 14.4 Å². The molecule has 2 N–H and O–H groups in total. The number of fused-ring (bicyclic) bond motifs is 1. The summed E-state index contributed by atoms with van der Waals surface area (Å²) >= 11 is 0. The molecule has 0 saturated carbocycles. The summed E-state index contributed by atoms with van der Waals surface area (Å²) in [5.74, 6) is -3.65. The molecular formula is C25H25N5O4. The summed E-state index contributed by atoms with van der Waals surface area (Å²) in [4.78, 5) is 40.6. The molecule has 9 heteroatoms. The predicted molar refractivity (Wildman–Crippen MR) is 127 cm³/mol. The van der Waals surface area contributed by atoms with Crippen LogP contribution in [-0.2, 0) is 11.2 Å². The molecule has 34 heavy (non-hydrogen) atoms. The fourth-order valence-corrected chi connectivity index (χ4v) is 3.53. The van der Waals surface area contributed by atoms with Gasteiger partial charge in [-0.05, 0) is 67.6 Å². The van der Waals surface area contributed by atoms with Gasteiger partial charge < -0.3 is 20.3 Å². The Morgan fingerprint density at radius 1 is 1.06 bits per heavy atom. The van der Waals surface area contributed by atoms with Gasteiger partial charge in [-0.2, -0.15) is 5.10 Å². The average Bonchev–Trinajstić information content (AvgIpc) is 3.36. The number of hydrogen-bond acceptors (Lipinski definition) is 5. The van der Waals surface area contributed by atoms with Crippen molar-refractivity contribution >= 4 is 29.1 Å². The number of rotatable bonds is 5. The van der Waals surface area contributed by atoms with E-state index in [1.807, 2.05) is 0 Å². The molecule has 5 rings (SSSR count). The van der Waals surface area contributed by atoms with E-state index in [4.69, 9.17) is 26.9 Å². The molecule has 3 aromatic rings. The first-order valence-corrected chi connectivity index (χ1v) is 9.95. The number of primary amides is 1. The molecule has 2 aliphatic heterocycles. The molecule has 3 amide bonds. The maximum atomic E-state index is 14.0. The Labute approximate surface area is 213 Å². The predicted octanol–water partition coefficient (Wildman–Crippen LogP) is 2.70. The Hall–Kier alpha value is -4.14. The molecular weight excluding hydrogens is 434 g/mol. The highest BCUT2D eigenvalue weighted by Crippen LogP contribution is 2.31. The van der Waals surface area contributed by atoms with Crippen molar-refractivity contribution in [2.75, 3.05) is 30.0 Å². The minimum absolute atomic E-state index is 0.00528. The van der Waals surface area contributed by atoms with Gasteiger partial charge in [-0.3, -0.25) is 14.4 Å². The molecule has 0 radical (unpaired) electrons.